The Labute approximate surface area is 120 Å². The van der Waals surface area contributed by atoms with E-state index in [9.17, 15) is 0 Å². The summed E-state index contributed by atoms with van der Waals surface area (Å²) in [5, 5.41) is 2.83. The molecule has 0 radical (unpaired) electrons. The second-order valence-electron chi connectivity index (χ2n) is 4.16. The minimum Gasteiger partial charge on any atom is -0.497 e. The van der Waals surface area contributed by atoms with Crippen molar-refractivity contribution in [1.29, 1.82) is 0 Å². The molecule has 5 nitrogen and oxygen atoms in total. The Kier molecular flexibility index (Phi) is 3.39. The highest BCUT2D eigenvalue weighted by Gasteiger charge is 2.08. The molecular weight excluding hydrogens is 274 g/mol. The topological polar surface area (TPSA) is 70.3 Å². The summed E-state index contributed by atoms with van der Waals surface area (Å²) < 4.78 is 10.9. The van der Waals surface area contributed by atoms with E-state index in [1.54, 1.807) is 7.11 Å². The van der Waals surface area contributed by atoms with Gasteiger partial charge in [-0.2, -0.15) is 4.98 Å². The lowest BCUT2D eigenvalue weighted by atomic mass is 10.2. The van der Waals surface area contributed by atoms with Gasteiger partial charge in [-0.1, -0.05) is 12.1 Å². The average molecular weight is 287 g/mol. The fourth-order valence-electron chi connectivity index (χ4n) is 1.83. The first kappa shape index (κ1) is 12.7. The Morgan fingerprint density at radius 2 is 1.95 bits per heavy atom. The standard InChI is InChI=1S/C14H13N3O2S/c1-18-10-4-2-9(3-5-10)8-19-12-11-6-7-20-13(11)17-14(15)16-12/h2-7H,8H2,1H3,(H2,15,16,17). The number of methoxy groups -OCH3 is 1. The maximum absolute atomic E-state index is 5.75. The van der Waals surface area contributed by atoms with Crippen LogP contribution < -0.4 is 15.2 Å². The minimum absolute atomic E-state index is 0.227. The van der Waals surface area contributed by atoms with Crippen molar-refractivity contribution in [2.75, 3.05) is 12.8 Å². The molecule has 20 heavy (non-hydrogen) atoms. The van der Waals surface area contributed by atoms with Gasteiger partial charge in [0.1, 0.15) is 17.2 Å². The first-order chi connectivity index (χ1) is 9.76. The van der Waals surface area contributed by atoms with Crippen LogP contribution in [0.5, 0.6) is 11.6 Å². The van der Waals surface area contributed by atoms with Gasteiger partial charge in [0.2, 0.25) is 11.8 Å². The highest BCUT2D eigenvalue weighted by atomic mass is 32.1. The number of aromatic nitrogens is 2. The van der Waals surface area contributed by atoms with E-state index in [0.717, 1.165) is 21.5 Å². The fraction of sp³-hybridized carbons (Fsp3) is 0.143. The molecular formula is C14H13N3O2S. The van der Waals surface area contributed by atoms with Crippen molar-refractivity contribution in [2.24, 2.45) is 0 Å². The number of fused-ring (bicyclic) bond motifs is 1. The van der Waals surface area contributed by atoms with Crippen molar-refractivity contribution in [3.8, 4) is 11.6 Å². The molecule has 2 heterocycles. The lowest BCUT2D eigenvalue weighted by molar-refractivity contribution is 0.298. The molecule has 0 amide bonds. The molecule has 3 aromatic rings. The van der Waals surface area contributed by atoms with Crippen molar-refractivity contribution in [3.63, 3.8) is 0 Å². The first-order valence-electron chi connectivity index (χ1n) is 6.03. The molecule has 102 valence electrons. The number of nitrogens with two attached hydrogens (primary N) is 1. The van der Waals surface area contributed by atoms with Crippen LogP contribution in [0.4, 0.5) is 5.95 Å². The molecule has 0 unspecified atom stereocenters. The van der Waals surface area contributed by atoms with Gasteiger partial charge in [0.25, 0.3) is 0 Å². The zero-order chi connectivity index (χ0) is 13.9. The summed E-state index contributed by atoms with van der Waals surface area (Å²) in [4.78, 5) is 9.15. The van der Waals surface area contributed by atoms with Crippen LogP contribution in [0.3, 0.4) is 0 Å². The molecule has 2 aromatic heterocycles. The van der Waals surface area contributed by atoms with Crippen LogP contribution in [0.2, 0.25) is 0 Å². The van der Waals surface area contributed by atoms with Gasteiger partial charge in [-0.3, -0.25) is 0 Å². The molecule has 0 saturated carbocycles. The summed E-state index contributed by atoms with van der Waals surface area (Å²) in [5.41, 5.74) is 6.71. The second-order valence-corrected chi connectivity index (χ2v) is 5.06. The van der Waals surface area contributed by atoms with E-state index in [1.165, 1.54) is 11.3 Å². The van der Waals surface area contributed by atoms with Gasteiger partial charge in [0.05, 0.1) is 12.5 Å². The van der Waals surface area contributed by atoms with Crippen LogP contribution >= 0.6 is 11.3 Å². The van der Waals surface area contributed by atoms with Gasteiger partial charge in [-0.15, -0.1) is 11.3 Å². The predicted octanol–water partition coefficient (Wildman–Crippen LogP) is 2.86. The van der Waals surface area contributed by atoms with Gasteiger partial charge >= 0.3 is 0 Å². The average Bonchev–Trinajstić information content (AvgIpc) is 2.93. The quantitative estimate of drug-likeness (QED) is 0.799. The van der Waals surface area contributed by atoms with Gasteiger partial charge in [0.15, 0.2) is 0 Å². The molecule has 0 spiro atoms. The fourth-order valence-corrected chi connectivity index (χ4v) is 2.59. The summed E-state index contributed by atoms with van der Waals surface area (Å²) in [5.74, 6) is 1.56. The number of nitrogen functional groups attached to an aromatic ring is 1. The number of benzene rings is 1. The van der Waals surface area contributed by atoms with E-state index in [-0.39, 0.29) is 5.95 Å². The van der Waals surface area contributed by atoms with Crippen LogP contribution in [-0.2, 0) is 6.61 Å². The Bertz CT molecular complexity index is 725. The van der Waals surface area contributed by atoms with Crippen molar-refractivity contribution in [1.82, 2.24) is 9.97 Å². The van der Waals surface area contributed by atoms with Crippen molar-refractivity contribution < 1.29 is 9.47 Å². The van der Waals surface area contributed by atoms with Gasteiger partial charge in [-0.25, -0.2) is 4.98 Å². The molecule has 2 N–H and O–H groups in total. The summed E-state index contributed by atoms with van der Waals surface area (Å²) in [6, 6.07) is 9.63. The Morgan fingerprint density at radius 3 is 2.70 bits per heavy atom. The number of rotatable bonds is 4. The monoisotopic (exact) mass is 287 g/mol. The lowest BCUT2D eigenvalue weighted by Crippen LogP contribution is -2.01. The molecule has 0 aliphatic carbocycles. The summed E-state index contributed by atoms with van der Waals surface area (Å²) >= 11 is 1.51. The number of ether oxygens (including phenoxy) is 2. The maximum Gasteiger partial charge on any atom is 0.227 e. The normalized spacial score (nSPS) is 10.7. The lowest BCUT2D eigenvalue weighted by Gasteiger charge is -2.07. The number of anilines is 1. The molecule has 0 saturated heterocycles. The molecule has 0 atom stereocenters. The van der Waals surface area contributed by atoms with Gasteiger partial charge in [0, 0.05) is 0 Å². The molecule has 0 aliphatic rings. The molecule has 0 bridgehead atoms. The Hall–Kier alpha value is -2.34. The summed E-state index contributed by atoms with van der Waals surface area (Å²) in [6.45, 7) is 0.422. The SMILES string of the molecule is COc1ccc(COc2nc(N)nc3sccc23)cc1. The van der Waals surface area contributed by atoms with Gasteiger partial charge in [-0.05, 0) is 29.1 Å². The largest absolute Gasteiger partial charge is 0.497 e. The van der Waals surface area contributed by atoms with Crippen molar-refractivity contribution in [2.45, 2.75) is 6.61 Å². The maximum atomic E-state index is 5.75. The van der Waals surface area contributed by atoms with E-state index >= 15 is 0 Å². The van der Waals surface area contributed by atoms with Crippen LogP contribution in [0.1, 0.15) is 5.56 Å². The van der Waals surface area contributed by atoms with E-state index in [0.29, 0.717) is 12.5 Å². The highest BCUT2D eigenvalue weighted by Crippen LogP contribution is 2.28. The van der Waals surface area contributed by atoms with Crippen LogP contribution in [0.15, 0.2) is 35.7 Å². The molecule has 0 fully saturated rings. The van der Waals surface area contributed by atoms with Gasteiger partial charge < -0.3 is 15.2 Å². The number of thiophene rings is 1. The van der Waals surface area contributed by atoms with Crippen LogP contribution in [0, 0.1) is 0 Å². The summed E-state index contributed by atoms with van der Waals surface area (Å²) in [6.07, 6.45) is 0. The van der Waals surface area contributed by atoms with Crippen molar-refractivity contribution >= 4 is 27.5 Å². The Morgan fingerprint density at radius 1 is 1.15 bits per heavy atom. The molecule has 6 heteroatoms. The highest BCUT2D eigenvalue weighted by molar-refractivity contribution is 7.16. The smallest absolute Gasteiger partial charge is 0.227 e. The van der Waals surface area contributed by atoms with Crippen molar-refractivity contribution in [3.05, 3.63) is 41.3 Å². The third-order valence-electron chi connectivity index (χ3n) is 2.84. The Balaban J connectivity index is 1.80. The zero-order valence-electron chi connectivity index (χ0n) is 10.9. The molecule has 1 aromatic carbocycles. The van der Waals surface area contributed by atoms with Crippen LogP contribution in [-0.4, -0.2) is 17.1 Å². The van der Waals surface area contributed by atoms with Crippen LogP contribution in [0.25, 0.3) is 10.2 Å². The number of nitrogens with zero attached hydrogens (tertiary/aromatic N) is 2. The predicted molar refractivity (Wildman–Crippen MR) is 79.2 cm³/mol. The number of hydrogen-bond donors (Lipinski definition) is 1. The summed E-state index contributed by atoms with van der Waals surface area (Å²) in [7, 11) is 1.64. The second kappa shape index (κ2) is 5.34. The van der Waals surface area contributed by atoms with E-state index < -0.39 is 0 Å². The molecule has 0 aliphatic heterocycles. The third kappa shape index (κ3) is 2.50. The third-order valence-corrected chi connectivity index (χ3v) is 3.65. The molecule has 3 rings (SSSR count). The minimum atomic E-state index is 0.227. The first-order valence-corrected chi connectivity index (χ1v) is 6.90. The van der Waals surface area contributed by atoms with E-state index in [4.69, 9.17) is 15.2 Å². The number of hydrogen-bond acceptors (Lipinski definition) is 6. The van der Waals surface area contributed by atoms with E-state index in [1.807, 2.05) is 35.7 Å². The van der Waals surface area contributed by atoms with E-state index in [2.05, 4.69) is 9.97 Å². The zero-order valence-corrected chi connectivity index (χ0v) is 11.7.